The summed E-state index contributed by atoms with van der Waals surface area (Å²) >= 11 is 7.19. The van der Waals surface area contributed by atoms with Crippen molar-refractivity contribution in [1.82, 2.24) is 5.01 Å². The number of anilines is 1. The molecule has 2 heterocycles. The highest BCUT2D eigenvalue weighted by Gasteiger charge is 2.39. The summed E-state index contributed by atoms with van der Waals surface area (Å²) in [6.07, 6.45) is 0.362. The van der Waals surface area contributed by atoms with Crippen LogP contribution < -0.4 is 4.90 Å². The summed E-state index contributed by atoms with van der Waals surface area (Å²) in [6, 6.07) is 15.5. The fourth-order valence-electron chi connectivity index (χ4n) is 3.52. The minimum Gasteiger partial charge on any atom is -0.481 e. The van der Waals surface area contributed by atoms with Crippen LogP contribution in [-0.4, -0.2) is 52.2 Å². The monoisotopic (exact) mass is 456 g/mol. The minimum atomic E-state index is -1.02. The van der Waals surface area contributed by atoms with Gasteiger partial charge < -0.3 is 10.0 Å². The third-order valence-corrected chi connectivity index (χ3v) is 6.56. The van der Waals surface area contributed by atoms with Crippen molar-refractivity contribution >= 4 is 51.8 Å². The molecule has 0 saturated carbocycles. The molecule has 0 radical (unpaired) electrons. The lowest BCUT2D eigenvalue weighted by Gasteiger charge is -2.23. The van der Waals surface area contributed by atoms with Crippen LogP contribution in [0.5, 0.6) is 0 Å². The van der Waals surface area contributed by atoms with Crippen LogP contribution in [0.2, 0.25) is 5.02 Å². The molecule has 0 fully saturated rings. The number of hydrogen-bond acceptors (Lipinski definition) is 6. The standard InChI is InChI=1S/C22H21ClN4O3S/c1-26(2)16-9-5-14(6-10-16)18-11-17(13-3-7-15(23)8-4-13)25-27(18)22-24-21(30)19(31-22)12-20(28)29/h3-10,18-19H,11-12H2,1-2H3,(H,28,29). The maximum Gasteiger partial charge on any atom is 0.305 e. The van der Waals surface area contributed by atoms with Crippen LogP contribution in [0.25, 0.3) is 0 Å². The van der Waals surface area contributed by atoms with Gasteiger partial charge in [-0.05, 0) is 35.4 Å². The van der Waals surface area contributed by atoms with Crippen molar-refractivity contribution in [1.29, 1.82) is 0 Å². The Hall–Kier alpha value is -2.84. The predicted octanol–water partition coefficient (Wildman–Crippen LogP) is 4.03. The van der Waals surface area contributed by atoms with E-state index in [1.165, 1.54) is 0 Å². The zero-order valence-corrected chi connectivity index (χ0v) is 18.6. The number of hydrazone groups is 1. The molecule has 0 aromatic heterocycles. The summed E-state index contributed by atoms with van der Waals surface area (Å²) in [4.78, 5) is 29.5. The number of aliphatic carboxylic acids is 1. The van der Waals surface area contributed by atoms with Crippen molar-refractivity contribution in [3.05, 3.63) is 64.7 Å². The smallest absolute Gasteiger partial charge is 0.305 e. The molecule has 9 heteroatoms. The summed E-state index contributed by atoms with van der Waals surface area (Å²) < 4.78 is 0. The molecule has 2 atom stereocenters. The lowest BCUT2D eigenvalue weighted by molar-refractivity contribution is -0.138. The van der Waals surface area contributed by atoms with Crippen LogP contribution in [0.4, 0.5) is 5.69 Å². The topological polar surface area (TPSA) is 85.6 Å². The molecule has 1 N–H and O–H groups in total. The van der Waals surface area contributed by atoms with Gasteiger partial charge in [-0.25, -0.2) is 5.01 Å². The summed E-state index contributed by atoms with van der Waals surface area (Å²) in [6.45, 7) is 0. The molecule has 2 aliphatic rings. The highest BCUT2D eigenvalue weighted by molar-refractivity contribution is 8.15. The lowest BCUT2D eigenvalue weighted by atomic mass is 9.98. The molecule has 160 valence electrons. The van der Waals surface area contributed by atoms with Gasteiger partial charge in [0.15, 0.2) is 5.17 Å². The molecule has 0 bridgehead atoms. The van der Waals surface area contributed by atoms with Crippen molar-refractivity contribution in [2.24, 2.45) is 10.1 Å². The summed E-state index contributed by atoms with van der Waals surface area (Å²) in [5.41, 5.74) is 3.92. The van der Waals surface area contributed by atoms with Crippen LogP contribution in [-0.2, 0) is 9.59 Å². The Morgan fingerprint density at radius 1 is 1.19 bits per heavy atom. The number of amidine groups is 1. The summed E-state index contributed by atoms with van der Waals surface area (Å²) in [5, 5.41) is 16.0. The molecule has 1 amide bonds. The molecule has 31 heavy (non-hydrogen) atoms. The van der Waals surface area contributed by atoms with E-state index in [1.807, 2.05) is 67.5 Å². The van der Waals surface area contributed by atoms with Gasteiger partial charge in [0.1, 0.15) is 5.25 Å². The van der Waals surface area contributed by atoms with Crippen molar-refractivity contribution in [2.45, 2.75) is 24.1 Å². The Morgan fingerprint density at radius 2 is 1.87 bits per heavy atom. The van der Waals surface area contributed by atoms with Gasteiger partial charge in [-0.2, -0.15) is 10.1 Å². The number of carbonyl (C=O) groups excluding carboxylic acids is 1. The molecule has 0 saturated heterocycles. The van der Waals surface area contributed by atoms with Crippen molar-refractivity contribution < 1.29 is 14.7 Å². The highest BCUT2D eigenvalue weighted by atomic mass is 35.5. The van der Waals surface area contributed by atoms with Gasteiger partial charge in [-0.1, -0.05) is 47.6 Å². The van der Waals surface area contributed by atoms with E-state index in [9.17, 15) is 9.59 Å². The normalized spacial score (nSPS) is 20.6. The van der Waals surface area contributed by atoms with Crippen LogP contribution >= 0.6 is 23.4 Å². The first kappa shape index (κ1) is 21.4. The van der Waals surface area contributed by atoms with Gasteiger partial charge in [0.05, 0.1) is 18.2 Å². The molecule has 7 nitrogen and oxygen atoms in total. The van der Waals surface area contributed by atoms with E-state index in [0.29, 0.717) is 16.6 Å². The zero-order chi connectivity index (χ0) is 22.1. The number of hydrogen-bond donors (Lipinski definition) is 1. The molecular formula is C22H21ClN4O3S. The van der Waals surface area contributed by atoms with E-state index >= 15 is 0 Å². The molecule has 2 unspecified atom stereocenters. The van der Waals surface area contributed by atoms with Crippen LogP contribution in [0, 0.1) is 0 Å². The first-order valence-electron chi connectivity index (χ1n) is 9.73. The molecule has 0 aliphatic carbocycles. The van der Waals surface area contributed by atoms with Crippen LogP contribution in [0.3, 0.4) is 0 Å². The van der Waals surface area contributed by atoms with Gasteiger partial charge in [-0.3, -0.25) is 9.59 Å². The maximum atomic E-state index is 12.3. The van der Waals surface area contributed by atoms with Gasteiger partial charge in [0.2, 0.25) is 0 Å². The zero-order valence-electron chi connectivity index (χ0n) is 17.0. The van der Waals surface area contributed by atoms with Crippen molar-refractivity contribution in [2.75, 3.05) is 19.0 Å². The molecule has 0 spiro atoms. The van der Waals surface area contributed by atoms with E-state index < -0.39 is 17.1 Å². The quantitative estimate of drug-likeness (QED) is 0.731. The van der Waals surface area contributed by atoms with Gasteiger partial charge >= 0.3 is 5.97 Å². The number of nitrogens with zero attached hydrogens (tertiary/aromatic N) is 4. The van der Waals surface area contributed by atoms with Crippen molar-refractivity contribution in [3.8, 4) is 0 Å². The van der Waals surface area contributed by atoms with Crippen molar-refractivity contribution in [3.63, 3.8) is 0 Å². The SMILES string of the molecule is CN(C)c1ccc(C2CC(c3ccc(Cl)cc3)=NN2C2=NC(=O)C(CC(=O)O)S2)cc1. The number of thioether (sulfide) groups is 1. The van der Waals surface area contributed by atoms with E-state index in [4.69, 9.17) is 21.8 Å². The Bertz CT molecular complexity index is 1070. The summed E-state index contributed by atoms with van der Waals surface area (Å²) in [7, 11) is 3.97. The lowest BCUT2D eigenvalue weighted by Crippen LogP contribution is -2.24. The number of amides is 1. The molecule has 2 aliphatic heterocycles. The van der Waals surface area contributed by atoms with E-state index in [1.54, 1.807) is 5.01 Å². The van der Waals surface area contributed by atoms with E-state index in [0.717, 1.165) is 34.3 Å². The minimum absolute atomic E-state index is 0.149. The largest absolute Gasteiger partial charge is 0.481 e. The fraction of sp³-hybridized carbons (Fsp3) is 0.273. The average molecular weight is 457 g/mol. The molecular weight excluding hydrogens is 436 g/mol. The van der Waals surface area contributed by atoms with Gasteiger partial charge in [0, 0.05) is 31.2 Å². The number of carbonyl (C=O) groups is 2. The van der Waals surface area contributed by atoms with Gasteiger partial charge in [-0.15, -0.1) is 0 Å². The molecule has 2 aromatic rings. The maximum absolute atomic E-state index is 12.3. The Kier molecular flexibility index (Phi) is 6.02. The first-order chi connectivity index (χ1) is 14.8. The van der Waals surface area contributed by atoms with Crippen LogP contribution in [0.15, 0.2) is 58.6 Å². The highest BCUT2D eigenvalue weighted by Crippen LogP contribution is 2.39. The molecule has 4 rings (SSSR count). The third-order valence-electron chi connectivity index (χ3n) is 5.17. The van der Waals surface area contributed by atoms with E-state index in [2.05, 4.69) is 4.99 Å². The number of aliphatic imine (C=N–C) groups is 1. The predicted molar refractivity (Wildman–Crippen MR) is 124 cm³/mol. The Labute approximate surface area is 189 Å². The van der Waals surface area contributed by atoms with Gasteiger partial charge in [0.25, 0.3) is 5.91 Å². The Balaban J connectivity index is 1.66. The average Bonchev–Trinajstić information content (AvgIpc) is 3.32. The first-order valence-corrected chi connectivity index (χ1v) is 11.0. The number of rotatable bonds is 5. The Morgan fingerprint density at radius 3 is 2.48 bits per heavy atom. The van der Waals surface area contributed by atoms with Crippen LogP contribution in [0.1, 0.15) is 30.0 Å². The number of carboxylic acids is 1. The second kappa shape index (κ2) is 8.72. The fourth-order valence-corrected chi connectivity index (χ4v) is 4.70. The number of carboxylic acid groups (broad SMARTS) is 1. The van der Waals surface area contributed by atoms with E-state index in [-0.39, 0.29) is 12.5 Å². The summed E-state index contributed by atoms with van der Waals surface area (Å²) in [5.74, 6) is -1.45. The third kappa shape index (κ3) is 4.60. The second-order valence-corrected chi connectivity index (χ2v) is 9.15. The second-order valence-electron chi connectivity index (χ2n) is 7.54. The number of benzene rings is 2. The number of halogens is 1. The molecule has 2 aromatic carbocycles.